The zero-order valence-corrected chi connectivity index (χ0v) is 16.9. The summed E-state index contributed by atoms with van der Waals surface area (Å²) in [6, 6.07) is 19.8. The van der Waals surface area contributed by atoms with Crippen molar-refractivity contribution >= 4 is 0 Å². The number of fused-ring (bicyclic) bond motifs is 1. The van der Waals surface area contributed by atoms with Gasteiger partial charge in [-0.1, -0.05) is 35.9 Å². The molecule has 2 aromatic carbocycles. The third-order valence-corrected chi connectivity index (χ3v) is 5.58. The average Bonchev–Trinajstić information content (AvgIpc) is 3.10. The number of benzene rings is 2. The fourth-order valence-electron chi connectivity index (χ4n) is 4.15. The first-order valence-electron chi connectivity index (χ1n) is 9.86. The molecule has 0 saturated carbocycles. The van der Waals surface area contributed by atoms with Crippen molar-refractivity contribution in [2.45, 2.75) is 32.5 Å². The predicted octanol–water partition coefficient (Wildman–Crippen LogP) is 4.81. The van der Waals surface area contributed by atoms with Crippen molar-refractivity contribution in [1.82, 2.24) is 9.47 Å². The Morgan fingerprint density at radius 1 is 0.929 bits per heavy atom. The monoisotopic (exact) mass is 376 g/mol. The van der Waals surface area contributed by atoms with Crippen molar-refractivity contribution in [1.29, 1.82) is 0 Å². The van der Waals surface area contributed by atoms with Gasteiger partial charge >= 0.3 is 0 Å². The number of nitrogens with zero attached hydrogens (tertiary/aromatic N) is 2. The highest BCUT2D eigenvalue weighted by atomic mass is 16.5. The second-order valence-corrected chi connectivity index (χ2v) is 7.45. The van der Waals surface area contributed by atoms with Gasteiger partial charge in [-0.3, -0.25) is 4.90 Å². The number of hydrogen-bond donors (Lipinski definition) is 0. The number of methoxy groups -OCH3 is 2. The normalized spacial score (nSPS) is 17.0. The molecular formula is C24H28N2O2. The molecule has 1 aromatic heterocycles. The quantitative estimate of drug-likeness (QED) is 0.639. The molecule has 28 heavy (non-hydrogen) atoms. The van der Waals surface area contributed by atoms with Crippen molar-refractivity contribution in [2.24, 2.45) is 0 Å². The van der Waals surface area contributed by atoms with Crippen LogP contribution in [0.1, 0.15) is 34.8 Å². The van der Waals surface area contributed by atoms with E-state index in [2.05, 4.69) is 71.1 Å². The molecular weight excluding hydrogens is 348 g/mol. The van der Waals surface area contributed by atoms with Crippen LogP contribution in [0.25, 0.3) is 0 Å². The SMILES string of the molecule is COc1ccc(CN2CCCn3cccc3C2c2ccc(C)cc2)cc1OC. The van der Waals surface area contributed by atoms with Crippen molar-refractivity contribution in [3.63, 3.8) is 0 Å². The first-order chi connectivity index (χ1) is 13.7. The summed E-state index contributed by atoms with van der Waals surface area (Å²) < 4.78 is 13.3. The van der Waals surface area contributed by atoms with Crippen LogP contribution < -0.4 is 9.47 Å². The highest BCUT2D eigenvalue weighted by Crippen LogP contribution is 2.34. The summed E-state index contributed by atoms with van der Waals surface area (Å²) in [5.74, 6) is 1.55. The molecule has 0 fully saturated rings. The van der Waals surface area contributed by atoms with E-state index in [4.69, 9.17) is 9.47 Å². The van der Waals surface area contributed by atoms with E-state index < -0.39 is 0 Å². The van der Waals surface area contributed by atoms with Crippen LogP contribution in [0.15, 0.2) is 60.8 Å². The van der Waals surface area contributed by atoms with E-state index in [1.165, 1.54) is 22.4 Å². The summed E-state index contributed by atoms with van der Waals surface area (Å²) in [4.78, 5) is 2.57. The smallest absolute Gasteiger partial charge is 0.161 e. The van der Waals surface area contributed by atoms with Crippen LogP contribution >= 0.6 is 0 Å². The molecule has 2 heterocycles. The fraction of sp³-hybridized carbons (Fsp3) is 0.333. The number of hydrogen-bond acceptors (Lipinski definition) is 3. The van der Waals surface area contributed by atoms with Gasteiger partial charge in [0, 0.05) is 31.5 Å². The minimum absolute atomic E-state index is 0.242. The Hall–Kier alpha value is -2.72. The minimum atomic E-state index is 0.242. The Balaban J connectivity index is 1.70. The van der Waals surface area contributed by atoms with Gasteiger partial charge in [-0.05, 0) is 48.7 Å². The maximum Gasteiger partial charge on any atom is 0.161 e. The number of rotatable bonds is 5. The van der Waals surface area contributed by atoms with Gasteiger partial charge in [0.1, 0.15) is 0 Å². The zero-order chi connectivity index (χ0) is 19.5. The van der Waals surface area contributed by atoms with E-state index in [-0.39, 0.29) is 6.04 Å². The van der Waals surface area contributed by atoms with Crippen LogP contribution in [0, 0.1) is 6.92 Å². The van der Waals surface area contributed by atoms with Gasteiger partial charge in [0.2, 0.25) is 0 Å². The summed E-state index contributed by atoms with van der Waals surface area (Å²) in [5, 5.41) is 0. The van der Waals surface area contributed by atoms with Crippen molar-refractivity contribution in [2.75, 3.05) is 20.8 Å². The van der Waals surface area contributed by atoms with Crippen LogP contribution in [-0.4, -0.2) is 30.2 Å². The molecule has 146 valence electrons. The fourth-order valence-corrected chi connectivity index (χ4v) is 4.15. The van der Waals surface area contributed by atoms with Gasteiger partial charge in [-0.2, -0.15) is 0 Å². The van der Waals surface area contributed by atoms with Crippen molar-refractivity contribution in [3.05, 3.63) is 83.2 Å². The van der Waals surface area contributed by atoms with Gasteiger partial charge in [-0.15, -0.1) is 0 Å². The lowest BCUT2D eigenvalue weighted by Crippen LogP contribution is -2.29. The summed E-state index contributed by atoms with van der Waals surface area (Å²) in [7, 11) is 3.36. The lowest BCUT2D eigenvalue weighted by atomic mass is 10.00. The van der Waals surface area contributed by atoms with Gasteiger partial charge in [0.15, 0.2) is 11.5 Å². The van der Waals surface area contributed by atoms with E-state index in [9.17, 15) is 0 Å². The molecule has 3 aromatic rings. The Kier molecular flexibility index (Phi) is 5.40. The average molecular weight is 377 g/mol. The van der Waals surface area contributed by atoms with Gasteiger partial charge in [0.05, 0.1) is 20.3 Å². The van der Waals surface area contributed by atoms with Gasteiger partial charge in [0.25, 0.3) is 0 Å². The van der Waals surface area contributed by atoms with E-state index in [0.29, 0.717) is 0 Å². The molecule has 0 radical (unpaired) electrons. The predicted molar refractivity (Wildman–Crippen MR) is 112 cm³/mol. The molecule has 0 spiro atoms. The second kappa shape index (κ2) is 8.11. The van der Waals surface area contributed by atoms with E-state index in [1.807, 2.05) is 6.07 Å². The Bertz CT molecular complexity index is 930. The first kappa shape index (κ1) is 18.6. The van der Waals surface area contributed by atoms with E-state index in [0.717, 1.165) is 37.6 Å². The lowest BCUT2D eigenvalue weighted by molar-refractivity contribution is 0.220. The molecule has 1 aliphatic heterocycles. The maximum atomic E-state index is 5.51. The molecule has 4 rings (SSSR count). The Morgan fingerprint density at radius 3 is 2.46 bits per heavy atom. The topological polar surface area (TPSA) is 26.6 Å². The van der Waals surface area contributed by atoms with Crippen LogP contribution in [0.2, 0.25) is 0 Å². The van der Waals surface area contributed by atoms with E-state index in [1.54, 1.807) is 14.2 Å². The number of aryl methyl sites for hydroxylation is 2. The Labute approximate surface area is 167 Å². The van der Waals surface area contributed by atoms with Crippen molar-refractivity contribution in [3.8, 4) is 11.5 Å². The third kappa shape index (κ3) is 3.65. The zero-order valence-electron chi connectivity index (χ0n) is 16.9. The second-order valence-electron chi connectivity index (χ2n) is 7.45. The molecule has 0 amide bonds. The van der Waals surface area contributed by atoms with Crippen LogP contribution in [0.4, 0.5) is 0 Å². The minimum Gasteiger partial charge on any atom is -0.493 e. The molecule has 4 heteroatoms. The standard InChI is InChI=1S/C24H28N2O2/c1-18-7-10-20(11-8-18)24-21-6-4-13-25(21)14-5-15-26(24)17-19-9-12-22(27-2)23(16-19)28-3/h4,6-13,16,24H,5,14-15,17H2,1-3H3. The van der Waals surface area contributed by atoms with Crippen LogP contribution in [0.5, 0.6) is 11.5 Å². The largest absolute Gasteiger partial charge is 0.493 e. The molecule has 4 nitrogen and oxygen atoms in total. The van der Waals surface area contributed by atoms with Gasteiger partial charge in [-0.25, -0.2) is 0 Å². The molecule has 0 aliphatic carbocycles. The summed E-state index contributed by atoms with van der Waals surface area (Å²) in [6.07, 6.45) is 3.34. The number of aromatic nitrogens is 1. The number of ether oxygens (including phenoxy) is 2. The lowest BCUT2D eigenvalue weighted by Gasteiger charge is -2.31. The maximum absolute atomic E-state index is 5.51. The molecule has 0 N–H and O–H groups in total. The molecule has 0 saturated heterocycles. The Morgan fingerprint density at radius 2 is 1.71 bits per heavy atom. The van der Waals surface area contributed by atoms with Crippen LogP contribution in [-0.2, 0) is 13.1 Å². The molecule has 0 bridgehead atoms. The van der Waals surface area contributed by atoms with Crippen molar-refractivity contribution < 1.29 is 9.47 Å². The summed E-state index contributed by atoms with van der Waals surface area (Å²) in [6.45, 7) is 5.12. The van der Waals surface area contributed by atoms with Crippen LogP contribution in [0.3, 0.4) is 0 Å². The highest BCUT2D eigenvalue weighted by molar-refractivity contribution is 5.43. The first-order valence-corrected chi connectivity index (χ1v) is 9.86. The summed E-state index contributed by atoms with van der Waals surface area (Å²) in [5.41, 5.74) is 5.23. The molecule has 1 atom stereocenters. The van der Waals surface area contributed by atoms with Gasteiger partial charge < -0.3 is 14.0 Å². The third-order valence-electron chi connectivity index (χ3n) is 5.58. The highest BCUT2D eigenvalue weighted by Gasteiger charge is 2.27. The summed E-state index contributed by atoms with van der Waals surface area (Å²) >= 11 is 0. The molecule has 1 unspecified atom stereocenters. The van der Waals surface area contributed by atoms with E-state index >= 15 is 0 Å². The molecule has 1 aliphatic rings.